The van der Waals surface area contributed by atoms with Crippen molar-refractivity contribution >= 4 is 40.8 Å². The fourth-order valence-corrected chi connectivity index (χ4v) is 4.70. The summed E-state index contributed by atoms with van der Waals surface area (Å²) in [5.74, 6) is 0.620. The normalized spacial score (nSPS) is 19.6. The Balaban J connectivity index is 0.00000256. The molecule has 166 valence electrons. The topological polar surface area (TPSA) is 64.7 Å². The summed E-state index contributed by atoms with van der Waals surface area (Å²) in [5, 5.41) is 8.07. The molecule has 0 bridgehead atoms. The summed E-state index contributed by atoms with van der Waals surface area (Å²) in [6.45, 7) is 5.71. The maximum Gasteiger partial charge on any atom is 0.191 e. The third-order valence-corrected chi connectivity index (χ3v) is 6.43. The van der Waals surface area contributed by atoms with E-state index in [1.165, 1.54) is 37.6 Å². The minimum Gasteiger partial charge on any atom is -0.381 e. The molecular formula is C22H33FIN5O. The molecule has 2 aliphatic heterocycles. The molecule has 2 aromatic rings. The first kappa shape index (κ1) is 23.3. The van der Waals surface area contributed by atoms with E-state index in [0.29, 0.717) is 0 Å². The molecule has 0 atom stereocenters. The number of benzene rings is 1. The van der Waals surface area contributed by atoms with Gasteiger partial charge in [-0.05, 0) is 69.0 Å². The molecule has 2 aliphatic rings. The molecule has 3 N–H and O–H groups in total. The van der Waals surface area contributed by atoms with Crippen molar-refractivity contribution in [3.8, 4) is 0 Å². The first-order valence-corrected chi connectivity index (χ1v) is 10.7. The molecule has 0 radical (unpaired) electrons. The van der Waals surface area contributed by atoms with Crippen LogP contribution in [0.3, 0.4) is 0 Å². The van der Waals surface area contributed by atoms with Crippen LogP contribution < -0.4 is 10.6 Å². The summed E-state index contributed by atoms with van der Waals surface area (Å²) in [6, 6.07) is 4.90. The number of ether oxygens (including phenoxy) is 1. The number of aliphatic imine (C=N–C) groups is 1. The average Bonchev–Trinajstić information content (AvgIpc) is 3.42. The summed E-state index contributed by atoms with van der Waals surface area (Å²) in [5.41, 5.74) is 2.20. The lowest BCUT2D eigenvalue weighted by Crippen LogP contribution is -2.58. The lowest BCUT2D eigenvalue weighted by atomic mass is 9.88. The molecule has 6 nitrogen and oxygen atoms in total. The molecular weight excluding hydrogens is 496 g/mol. The molecule has 0 saturated carbocycles. The zero-order valence-corrected chi connectivity index (χ0v) is 20.0. The van der Waals surface area contributed by atoms with Gasteiger partial charge < -0.3 is 20.4 Å². The molecule has 2 fully saturated rings. The van der Waals surface area contributed by atoms with Crippen molar-refractivity contribution in [2.45, 2.75) is 37.6 Å². The van der Waals surface area contributed by atoms with Crippen LogP contribution in [0.2, 0.25) is 0 Å². The number of aromatic nitrogens is 1. The van der Waals surface area contributed by atoms with Crippen LogP contribution in [0.25, 0.3) is 10.9 Å². The second kappa shape index (κ2) is 10.8. The third-order valence-electron chi connectivity index (χ3n) is 6.43. The minimum absolute atomic E-state index is 0. The second-order valence-electron chi connectivity index (χ2n) is 8.14. The number of guanidine groups is 1. The van der Waals surface area contributed by atoms with Crippen molar-refractivity contribution in [3.05, 3.63) is 35.8 Å². The molecule has 30 heavy (non-hydrogen) atoms. The maximum atomic E-state index is 13.4. The van der Waals surface area contributed by atoms with E-state index in [-0.39, 0.29) is 35.3 Å². The number of H-pyrrole nitrogens is 1. The monoisotopic (exact) mass is 529 g/mol. The number of nitrogens with one attached hydrogen (secondary N) is 3. The van der Waals surface area contributed by atoms with Crippen molar-refractivity contribution in [2.24, 2.45) is 4.99 Å². The number of rotatable bonds is 6. The molecule has 0 spiro atoms. The second-order valence-corrected chi connectivity index (χ2v) is 8.14. The molecule has 3 heterocycles. The Hall–Kier alpha value is -1.39. The fourth-order valence-electron chi connectivity index (χ4n) is 4.70. The highest BCUT2D eigenvalue weighted by Crippen LogP contribution is 2.30. The summed E-state index contributed by atoms with van der Waals surface area (Å²) in [7, 11) is 1.82. The van der Waals surface area contributed by atoms with Crippen molar-refractivity contribution in [2.75, 3.05) is 46.4 Å². The van der Waals surface area contributed by atoms with Gasteiger partial charge in [-0.15, -0.1) is 24.0 Å². The van der Waals surface area contributed by atoms with E-state index >= 15 is 0 Å². The molecule has 1 aromatic carbocycles. The Bertz CT molecular complexity index is 843. The van der Waals surface area contributed by atoms with Crippen LogP contribution in [0.5, 0.6) is 0 Å². The molecule has 8 heteroatoms. The van der Waals surface area contributed by atoms with Gasteiger partial charge in [0, 0.05) is 56.0 Å². The molecule has 0 amide bonds. The van der Waals surface area contributed by atoms with E-state index in [1.807, 2.05) is 19.3 Å². The van der Waals surface area contributed by atoms with Gasteiger partial charge in [-0.25, -0.2) is 4.39 Å². The van der Waals surface area contributed by atoms with Crippen molar-refractivity contribution in [1.82, 2.24) is 20.5 Å². The van der Waals surface area contributed by atoms with Crippen LogP contribution in [0, 0.1) is 5.82 Å². The number of hydrogen-bond donors (Lipinski definition) is 3. The SMILES string of the molecule is CN=C(NCCc1c[nH]c2cc(F)ccc12)NCC1(N2CCCC2)CCOCC1.I. The van der Waals surface area contributed by atoms with Crippen LogP contribution in [0.4, 0.5) is 4.39 Å². The van der Waals surface area contributed by atoms with Gasteiger partial charge in [0.25, 0.3) is 0 Å². The number of likely N-dealkylation sites (tertiary alicyclic amines) is 1. The van der Waals surface area contributed by atoms with Gasteiger partial charge in [0.15, 0.2) is 5.96 Å². The Morgan fingerprint density at radius 3 is 2.73 bits per heavy atom. The van der Waals surface area contributed by atoms with E-state index < -0.39 is 0 Å². The van der Waals surface area contributed by atoms with Gasteiger partial charge in [0.05, 0.1) is 0 Å². The minimum atomic E-state index is -0.214. The molecule has 0 unspecified atom stereocenters. The van der Waals surface area contributed by atoms with Gasteiger partial charge in [-0.2, -0.15) is 0 Å². The predicted molar refractivity (Wildman–Crippen MR) is 130 cm³/mol. The van der Waals surface area contributed by atoms with E-state index in [9.17, 15) is 4.39 Å². The maximum absolute atomic E-state index is 13.4. The lowest BCUT2D eigenvalue weighted by Gasteiger charge is -2.45. The van der Waals surface area contributed by atoms with Gasteiger partial charge in [0.2, 0.25) is 0 Å². The van der Waals surface area contributed by atoms with Crippen LogP contribution in [0.1, 0.15) is 31.2 Å². The Labute approximate surface area is 195 Å². The van der Waals surface area contributed by atoms with E-state index in [0.717, 1.165) is 62.4 Å². The smallest absolute Gasteiger partial charge is 0.191 e. The number of fused-ring (bicyclic) bond motifs is 1. The summed E-state index contributed by atoms with van der Waals surface area (Å²) >= 11 is 0. The van der Waals surface area contributed by atoms with E-state index in [2.05, 4.69) is 25.5 Å². The largest absolute Gasteiger partial charge is 0.381 e. The first-order chi connectivity index (χ1) is 14.2. The molecule has 0 aliphatic carbocycles. The number of nitrogens with zero attached hydrogens (tertiary/aromatic N) is 2. The average molecular weight is 529 g/mol. The van der Waals surface area contributed by atoms with Gasteiger partial charge in [-0.3, -0.25) is 9.89 Å². The van der Waals surface area contributed by atoms with Gasteiger partial charge in [-0.1, -0.05) is 0 Å². The Morgan fingerprint density at radius 1 is 1.23 bits per heavy atom. The fraction of sp³-hybridized carbons (Fsp3) is 0.591. The highest BCUT2D eigenvalue weighted by atomic mass is 127. The van der Waals surface area contributed by atoms with Crippen LogP contribution in [-0.2, 0) is 11.2 Å². The van der Waals surface area contributed by atoms with Gasteiger partial charge >= 0.3 is 0 Å². The molecule has 2 saturated heterocycles. The highest BCUT2D eigenvalue weighted by Gasteiger charge is 2.39. The van der Waals surface area contributed by atoms with Gasteiger partial charge in [0.1, 0.15) is 5.82 Å². The van der Waals surface area contributed by atoms with Crippen LogP contribution in [-0.4, -0.2) is 67.8 Å². The Kier molecular flexibility index (Phi) is 8.35. The molecule has 1 aromatic heterocycles. The lowest BCUT2D eigenvalue weighted by molar-refractivity contribution is -0.0164. The van der Waals surface area contributed by atoms with E-state index in [4.69, 9.17) is 4.74 Å². The van der Waals surface area contributed by atoms with Crippen LogP contribution >= 0.6 is 24.0 Å². The number of halogens is 2. The standard InChI is InChI=1S/C22H32FN5O.HI/c1-24-21(25-9-6-17-15-26-20-14-18(23)4-5-19(17)20)27-16-22(7-12-29-13-8-22)28-10-2-3-11-28;/h4-5,14-15,26H,2-3,6-13,16H2,1H3,(H2,24,25,27);1H. The quantitative estimate of drug-likeness (QED) is 0.306. The number of hydrogen-bond acceptors (Lipinski definition) is 3. The van der Waals surface area contributed by atoms with E-state index in [1.54, 1.807) is 6.07 Å². The zero-order chi connectivity index (χ0) is 20.1. The number of aromatic amines is 1. The predicted octanol–water partition coefficient (Wildman–Crippen LogP) is 3.28. The van der Waals surface area contributed by atoms with Crippen molar-refractivity contribution in [3.63, 3.8) is 0 Å². The first-order valence-electron chi connectivity index (χ1n) is 10.7. The van der Waals surface area contributed by atoms with Crippen molar-refractivity contribution < 1.29 is 9.13 Å². The summed E-state index contributed by atoms with van der Waals surface area (Å²) in [6.07, 6.45) is 7.55. The highest BCUT2D eigenvalue weighted by molar-refractivity contribution is 14.0. The third kappa shape index (κ3) is 5.26. The van der Waals surface area contributed by atoms with Crippen molar-refractivity contribution in [1.29, 1.82) is 0 Å². The Morgan fingerprint density at radius 2 is 2.00 bits per heavy atom. The summed E-state index contributed by atoms with van der Waals surface area (Å²) in [4.78, 5) is 10.2. The zero-order valence-electron chi connectivity index (χ0n) is 17.7. The molecule has 4 rings (SSSR count). The van der Waals surface area contributed by atoms with Crippen LogP contribution in [0.15, 0.2) is 29.4 Å². The summed E-state index contributed by atoms with van der Waals surface area (Å²) < 4.78 is 19.0.